The van der Waals surface area contributed by atoms with Crippen LogP contribution in [-0.4, -0.2) is 16.5 Å². The Morgan fingerprint density at radius 3 is 2.52 bits per heavy atom. The summed E-state index contributed by atoms with van der Waals surface area (Å²) in [4.78, 5) is 8.75. The largest absolute Gasteiger partial charge is 0.370 e. The molecule has 0 amide bonds. The molecule has 3 rings (SSSR count). The maximum atomic E-state index is 4.49. The maximum Gasteiger partial charge on any atom is 0.229 e. The van der Waals surface area contributed by atoms with Gasteiger partial charge in [0.2, 0.25) is 5.95 Å². The van der Waals surface area contributed by atoms with Crippen LogP contribution in [0.1, 0.15) is 5.56 Å². The number of nitrogens with one attached hydrogen (secondary N) is 2. The van der Waals surface area contributed by atoms with Crippen molar-refractivity contribution in [3.05, 3.63) is 76.9 Å². The van der Waals surface area contributed by atoms with Crippen molar-refractivity contribution in [3.63, 3.8) is 0 Å². The van der Waals surface area contributed by atoms with Gasteiger partial charge >= 0.3 is 0 Å². The molecule has 5 heteroatoms. The Balaban J connectivity index is 1.60. The molecule has 0 bridgehead atoms. The van der Waals surface area contributed by atoms with Crippen LogP contribution in [0.4, 0.5) is 17.5 Å². The van der Waals surface area contributed by atoms with Crippen molar-refractivity contribution in [2.75, 3.05) is 17.2 Å². The SMILES string of the molecule is Brc1ccccc1Nc1nccc(NCCc2ccccc2)n1. The van der Waals surface area contributed by atoms with Gasteiger partial charge in [-0.2, -0.15) is 4.98 Å². The molecule has 0 unspecified atom stereocenters. The molecule has 0 saturated heterocycles. The zero-order chi connectivity index (χ0) is 15.9. The maximum absolute atomic E-state index is 4.49. The molecule has 0 radical (unpaired) electrons. The van der Waals surface area contributed by atoms with Crippen LogP contribution in [0.2, 0.25) is 0 Å². The lowest BCUT2D eigenvalue weighted by atomic mass is 10.1. The molecule has 3 aromatic rings. The summed E-state index contributed by atoms with van der Waals surface area (Å²) in [6.07, 6.45) is 2.70. The van der Waals surface area contributed by atoms with Gasteiger partial charge in [0, 0.05) is 17.2 Å². The number of anilines is 3. The zero-order valence-electron chi connectivity index (χ0n) is 12.5. The number of benzene rings is 2. The molecule has 2 aromatic carbocycles. The molecule has 0 saturated carbocycles. The third-order valence-corrected chi connectivity index (χ3v) is 4.03. The number of hydrogen-bond acceptors (Lipinski definition) is 4. The van der Waals surface area contributed by atoms with Crippen molar-refractivity contribution < 1.29 is 0 Å². The predicted molar refractivity (Wildman–Crippen MR) is 98.1 cm³/mol. The molecule has 0 fully saturated rings. The molecule has 0 aliphatic heterocycles. The molecule has 0 atom stereocenters. The smallest absolute Gasteiger partial charge is 0.229 e. The summed E-state index contributed by atoms with van der Waals surface area (Å²) in [5, 5.41) is 6.54. The van der Waals surface area contributed by atoms with Gasteiger partial charge in [0.15, 0.2) is 0 Å². The second-order valence-corrected chi connectivity index (χ2v) is 5.89. The predicted octanol–water partition coefficient (Wildman–Crippen LogP) is 4.64. The molecule has 116 valence electrons. The normalized spacial score (nSPS) is 10.3. The highest BCUT2D eigenvalue weighted by molar-refractivity contribution is 9.10. The van der Waals surface area contributed by atoms with Crippen molar-refractivity contribution in [3.8, 4) is 0 Å². The molecule has 0 aliphatic rings. The lowest BCUT2D eigenvalue weighted by molar-refractivity contribution is 1.00. The first-order valence-electron chi connectivity index (χ1n) is 7.44. The summed E-state index contributed by atoms with van der Waals surface area (Å²) in [5.41, 5.74) is 2.24. The Kier molecular flexibility index (Phi) is 5.21. The van der Waals surface area contributed by atoms with E-state index < -0.39 is 0 Å². The Hall–Kier alpha value is -2.40. The van der Waals surface area contributed by atoms with E-state index in [9.17, 15) is 0 Å². The average molecular weight is 369 g/mol. The van der Waals surface area contributed by atoms with E-state index in [0.29, 0.717) is 5.95 Å². The van der Waals surface area contributed by atoms with E-state index >= 15 is 0 Å². The molecule has 2 N–H and O–H groups in total. The summed E-state index contributed by atoms with van der Waals surface area (Å²) in [7, 11) is 0. The van der Waals surface area contributed by atoms with E-state index in [1.807, 2.05) is 36.4 Å². The second kappa shape index (κ2) is 7.74. The Bertz CT molecular complexity index is 762. The van der Waals surface area contributed by atoms with Crippen LogP contribution in [-0.2, 0) is 6.42 Å². The molecule has 0 spiro atoms. The van der Waals surface area contributed by atoms with Crippen molar-refractivity contribution >= 4 is 33.4 Å². The van der Waals surface area contributed by atoms with Crippen LogP contribution < -0.4 is 10.6 Å². The van der Waals surface area contributed by atoms with Crippen LogP contribution >= 0.6 is 15.9 Å². The van der Waals surface area contributed by atoms with Crippen LogP contribution in [0.5, 0.6) is 0 Å². The highest BCUT2D eigenvalue weighted by atomic mass is 79.9. The van der Waals surface area contributed by atoms with E-state index in [1.54, 1.807) is 6.20 Å². The number of hydrogen-bond donors (Lipinski definition) is 2. The van der Waals surface area contributed by atoms with E-state index in [0.717, 1.165) is 28.9 Å². The van der Waals surface area contributed by atoms with E-state index in [-0.39, 0.29) is 0 Å². The molecule has 0 aliphatic carbocycles. The lowest BCUT2D eigenvalue weighted by Gasteiger charge is -2.09. The third-order valence-electron chi connectivity index (χ3n) is 3.34. The van der Waals surface area contributed by atoms with Crippen molar-refractivity contribution in [1.29, 1.82) is 0 Å². The Morgan fingerprint density at radius 1 is 0.913 bits per heavy atom. The fourth-order valence-electron chi connectivity index (χ4n) is 2.18. The third kappa shape index (κ3) is 4.53. The average Bonchev–Trinajstić information content (AvgIpc) is 2.58. The number of nitrogens with zero attached hydrogens (tertiary/aromatic N) is 2. The monoisotopic (exact) mass is 368 g/mol. The van der Waals surface area contributed by atoms with Gasteiger partial charge in [0.1, 0.15) is 5.82 Å². The topological polar surface area (TPSA) is 49.8 Å². The van der Waals surface area contributed by atoms with Crippen LogP contribution in [0, 0.1) is 0 Å². The minimum absolute atomic E-state index is 0.571. The zero-order valence-corrected chi connectivity index (χ0v) is 14.1. The number of para-hydroxylation sites is 1. The first kappa shape index (κ1) is 15.5. The van der Waals surface area contributed by atoms with Crippen molar-refractivity contribution in [1.82, 2.24) is 9.97 Å². The van der Waals surface area contributed by atoms with Gasteiger partial charge in [-0.25, -0.2) is 4.98 Å². The minimum atomic E-state index is 0.571. The van der Waals surface area contributed by atoms with Crippen LogP contribution in [0.25, 0.3) is 0 Å². The quantitative estimate of drug-likeness (QED) is 0.665. The van der Waals surface area contributed by atoms with E-state index in [2.05, 4.69) is 60.8 Å². The molecular weight excluding hydrogens is 352 g/mol. The van der Waals surface area contributed by atoms with Gasteiger partial charge in [-0.05, 0) is 46.1 Å². The summed E-state index contributed by atoms with van der Waals surface area (Å²) < 4.78 is 0.978. The Morgan fingerprint density at radius 2 is 1.70 bits per heavy atom. The molecular formula is C18H17BrN4. The summed E-state index contributed by atoms with van der Waals surface area (Å²) >= 11 is 3.51. The van der Waals surface area contributed by atoms with Gasteiger partial charge in [-0.1, -0.05) is 42.5 Å². The van der Waals surface area contributed by atoms with Gasteiger partial charge in [0.05, 0.1) is 5.69 Å². The number of rotatable bonds is 6. The van der Waals surface area contributed by atoms with E-state index in [1.165, 1.54) is 5.56 Å². The van der Waals surface area contributed by atoms with Crippen LogP contribution in [0.3, 0.4) is 0 Å². The first-order valence-corrected chi connectivity index (χ1v) is 8.23. The second-order valence-electron chi connectivity index (χ2n) is 5.03. The highest BCUT2D eigenvalue weighted by Gasteiger charge is 2.02. The molecule has 4 nitrogen and oxygen atoms in total. The van der Waals surface area contributed by atoms with Crippen molar-refractivity contribution in [2.24, 2.45) is 0 Å². The highest BCUT2D eigenvalue weighted by Crippen LogP contribution is 2.23. The van der Waals surface area contributed by atoms with Gasteiger partial charge < -0.3 is 10.6 Å². The molecule has 1 heterocycles. The van der Waals surface area contributed by atoms with Crippen molar-refractivity contribution in [2.45, 2.75) is 6.42 Å². The fourth-order valence-corrected chi connectivity index (χ4v) is 2.56. The van der Waals surface area contributed by atoms with Crippen LogP contribution in [0.15, 0.2) is 71.3 Å². The minimum Gasteiger partial charge on any atom is -0.370 e. The van der Waals surface area contributed by atoms with E-state index in [4.69, 9.17) is 0 Å². The van der Waals surface area contributed by atoms with Gasteiger partial charge in [0.25, 0.3) is 0 Å². The summed E-state index contributed by atoms with van der Waals surface area (Å²) in [6, 6.07) is 20.2. The number of aromatic nitrogens is 2. The van der Waals surface area contributed by atoms with Gasteiger partial charge in [-0.15, -0.1) is 0 Å². The first-order chi connectivity index (χ1) is 11.3. The summed E-state index contributed by atoms with van der Waals surface area (Å²) in [5.74, 6) is 1.38. The van der Waals surface area contributed by atoms with Gasteiger partial charge in [-0.3, -0.25) is 0 Å². The standard InChI is InChI=1S/C18H17BrN4/c19-15-8-4-5-9-16(15)22-18-21-13-11-17(23-18)20-12-10-14-6-2-1-3-7-14/h1-9,11,13H,10,12H2,(H2,20,21,22,23). The fraction of sp³-hybridized carbons (Fsp3) is 0.111. The molecule has 23 heavy (non-hydrogen) atoms. The number of halogens is 1. The molecule has 1 aromatic heterocycles. The Labute approximate surface area is 144 Å². The lowest BCUT2D eigenvalue weighted by Crippen LogP contribution is -2.07. The summed E-state index contributed by atoms with van der Waals surface area (Å²) in [6.45, 7) is 0.829.